The fraction of sp³-hybridized carbons (Fsp3) is 0.385. The van der Waals surface area contributed by atoms with Gasteiger partial charge in [0, 0.05) is 24.8 Å². The van der Waals surface area contributed by atoms with Crippen LogP contribution in [-0.2, 0) is 11.2 Å². The molecule has 0 saturated carbocycles. The van der Waals surface area contributed by atoms with E-state index in [4.69, 9.17) is 10.2 Å². The van der Waals surface area contributed by atoms with E-state index in [2.05, 4.69) is 10.2 Å². The Labute approximate surface area is 110 Å². The molecule has 0 aromatic heterocycles. The molecule has 0 spiro atoms. The summed E-state index contributed by atoms with van der Waals surface area (Å²) in [5, 5.41) is 19.9. The first-order valence-corrected chi connectivity index (χ1v) is 6.01. The number of amides is 1. The van der Waals surface area contributed by atoms with Gasteiger partial charge in [0.1, 0.15) is 0 Å². The molecule has 1 aromatic carbocycles. The molecule has 1 aromatic rings. The molecule has 1 heterocycles. The largest absolute Gasteiger partial charge is 0.480 e. The molecule has 0 saturated heterocycles. The Morgan fingerprint density at radius 1 is 1.47 bits per heavy atom. The Morgan fingerprint density at radius 2 is 2.21 bits per heavy atom. The number of likely N-dealkylation sites (N-methyl/N-ethyl adjacent to an activating group) is 1. The minimum Gasteiger partial charge on any atom is -0.480 e. The Morgan fingerprint density at radius 3 is 2.84 bits per heavy atom. The van der Waals surface area contributed by atoms with E-state index < -0.39 is 24.5 Å². The van der Waals surface area contributed by atoms with Crippen molar-refractivity contribution in [3.63, 3.8) is 0 Å². The molecule has 3 N–H and O–H groups in total. The van der Waals surface area contributed by atoms with Gasteiger partial charge in [-0.2, -0.15) is 0 Å². The topological polar surface area (TPSA) is 89.9 Å². The normalized spacial score (nSPS) is 14.9. The summed E-state index contributed by atoms with van der Waals surface area (Å²) < 4.78 is 0. The first kappa shape index (κ1) is 13.4. The lowest BCUT2D eigenvalue weighted by Crippen LogP contribution is -2.43. The summed E-state index contributed by atoms with van der Waals surface area (Å²) in [6, 6.07) is 4.01. The van der Waals surface area contributed by atoms with Crippen LogP contribution >= 0.6 is 0 Å². The van der Waals surface area contributed by atoms with Crippen molar-refractivity contribution in [2.45, 2.75) is 12.5 Å². The molecule has 1 amide bonds. The Kier molecular flexibility index (Phi) is 3.71. The van der Waals surface area contributed by atoms with Gasteiger partial charge in [0.25, 0.3) is 5.91 Å². The number of nitrogens with zero attached hydrogens (tertiary/aromatic N) is 1. The van der Waals surface area contributed by atoms with Crippen molar-refractivity contribution in [3.05, 3.63) is 29.3 Å². The van der Waals surface area contributed by atoms with E-state index in [1.807, 2.05) is 13.1 Å². The first-order chi connectivity index (χ1) is 9.02. The summed E-state index contributed by atoms with van der Waals surface area (Å²) >= 11 is 0. The monoisotopic (exact) mass is 264 g/mol. The number of fused-ring (bicyclic) bond motifs is 1. The van der Waals surface area contributed by atoms with Gasteiger partial charge in [0.2, 0.25) is 0 Å². The summed E-state index contributed by atoms with van der Waals surface area (Å²) in [6.07, 6.45) is 0.870. The van der Waals surface area contributed by atoms with Gasteiger partial charge in [0.05, 0.1) is 6.61 Å². The van der Waals surface area contributed by atoms with Gasteiger partial charge in [-0.1, -0.05) is 0 Å². The number of anilines is 1. The molecule has 19 heavy (non-hydrogen) atoms. The minimum absolute atomic E-state index is 0.411. The second-order valence-electron chi connectivity index (χ2n) is 4.56. The first-order valence-electron chi connectivity index (χ1n) is 6.01. The van der Waals surface area contributed by atoms with Crippen molar-refractivity contribution in [2.75, 3.05) is 25.1 Å². The van der Waals surface area contributed by atoms with E-state index in [0.717, 1.165) is 24.2 Å². The van der Waals surface area contributed by atoms with Gasteiger partial charge in [-0.05, 0) is 30.2 Å². The number of carboxylic acids is 1. The van der Waals surface area contributed by atoms with Crippen LogP contribution in [0.3, 0.4) is 0 Å². The zero-order valence-electron chi connectivity index (χ0n) is 10.6. The fourth-order valence-corrected chi connectivity index (χ4v) is 2.14. The molecule has 1 unspecified atom stereocenters. The van der Waals surface area contributed by atoms with Crippen LogP contribution in [0, 0.1) is 0 Å². The molecule has 102 valence electrons. The number of aliphatic carboxylic acids is 1. The van der Waals surface area contributed by atoms with E-state index in [-0.39, 0.29) is 0 Å². The second-order valence-corrected chi connectivity index (χ2v) is 4.56. The molecule has 6 nitrogen and oxygen atoms in total. The number of benzene rings is 1. The van der Waals surface area contributed by atoms with Crippen LogP contribution in [0.1, 0.15) is 15.9 Å². The number of carboxylic acid groups (broad SMARTS) is 1. The third-order valence-electron chi connectivity index (χ3n) is 3.26. The Bertz CT molecular complexity index is 515. The van der Waals surface area contributed by atoms with Crippen molar-refractivity contribution in [3.8, 4) is 0 Å². The summed E-state index contributed by atoms with van der Waals surface area (Å²) in [4.78, 5) is 24.7. The number of nitrogens with one attached hydrogen (secondary N) is 1. The Balaban J connectivity index is 2.14. The van der Waals surface area contributed by atoms with Crippen molar-refractivity contribution >= 4 is 17.6 Å². The van der Waals surface area contributed by atoms with Gasteiger partial charge in [-0.3, -0.25) is 4.79 Å². The van der Waals surface area contributed by atoms with Crippen LogP contribution in [-0.4, -0.2) is 48.3 Å². The van der Waals surface area contributed by atoms with Crippen molar-refractivity contribution in [1.82, 2.24) is 5.32 Å². The number of carbonyl (C=O) groups excluding carboxylic acids is 1. The number of aliphatic hydroxyl groups is 1. The molecule has 0 aliphatic carbocycles. The molecule has 2 rings (SSSR count). The number of hydrogen-bond donors (Lipinski definition) is 3. The fourth-order valence-electron chi connectivity index (χ4n) is 2.14. The quantitative estimate of drug-likeness (QED) is 0.704. The highest BCUT2D eigenvalue weighted by Crippen LogP contribution is 2.27. The summed E-state index contributed by atoms with van der Waals surface area (Å²) in [5.74, 6) is -1.74. The number of carbonyl (C=O) groups is 2. The molecular formula is C13H16N2O4. The molecule has 1 aliphatic heterocycles. The van der Waals surface area contributed by atoms with Crippen molar-refractivity contribution in [1.29, 1.82) is 0 Å². The highest BCUT2D eigenvalue weighted by molar-refractivity contribution is 5.97. The van der Waals surface area contributed by atoms with E-state index in [0.29, 0.717) is 5.56 Å². The van der Waals surface area contributed by atoms with E-state index in [1.54, 1.807) is 12.1 Å². The maximum Gasteiger partial charge on any atom is 0.328 e. The molecule has 0 fully saturated rings. The van der Waals surface area contributed by atoms with Gasteiger partial charge >= 0.3 is 5.97 Å². The summed E-state index contributed by atoms with van der Waals surface area (Å²) in [7, 11) is 1.98. The smallest absolute Gasteiger partial charge is 0.328 e. The minimum atomic E-state index is -1.27. The highest BCUT2D eigenvalue weighted by atomic mass is 16.4. The lowest BCUT2D eigenvalue weighted by Gasteiger charge is -2.14. The van der Waals surface area contributed by atoms with Gasteiger partial charge in [-0.15, -0.1) is 0 Å². The van der Waals surface area contributed by atoms with Crippen LogP contribution in [0.25, 0.3) is 0 Å². The number of rotatable bonds is 4. The molecule has 1 aliphatic rings. The maximum atomic E-state index is 11.9. The van der Waals surface area contributed by atoms with Crippen LogP contribution < -0.4 is 10.2 Å². The third-order valence-corrected chi connectivity index (χ3v) is 3.26. The summed E-state index contributed by atoms with van der Waals surface area (Å²) in [6.45, 7) is 0.281. The highest BCUT2D eigenvalue weighted by Gasteiger charge is 2.21. The van der Waals surface area contributed by atoms with E-state index >= 15 is 0 Å². The number of aliphatic hydroxyl groups excluding tert-OH is 1. The van der Waals surface area contributed by atoms with Crippen LogP contribution in [0.5, 0.6) is 0 Å². The summed E-state index contributed by atoms with van der Waals surface area (Å²) in [5.41, 5.74) is 2.58. The lowest BCUT2D eigenvalue weighted by atomic mass is 10.1. The molecule has 6 heteroatoms. The Hall–Kier alpha value is -2.08. The zero-order chi connectivity index (χ0) is 14.0. The maximum absolute atomic E-state index is 11.9. The third kappa shape index (κ3) is 2.68. The molecule has 0 radical (unpaired) electrons. The molecule has 0 bridgehead atoms. The average molecular weight is 264 g/mol. The van der Waals surface area contributed by atoms with Gasteiger partial charge in [-0.25, -0.2) is 4.79 Å². The SMILES string of the molecule is CN1CCc2cc(C(=O)NC(CO)C(=O)O)ccc21. The van der Waals surface area contributed by atoms with E-state index in [9.17, 15) is 9.59 Å². The van der Waals surface area contributed by atoms with Gasteiger partial charge in [0.15, 0.2) is 6.04 Å². The predicted molar refractivity (Wildman–Crippen MR) is 69.4 cm³/mol. The second kappa shape index (κ2) is 5.27. The van der Waals surface area contributed by atoms with Gasteiger partial charge < -0.3 is 20.4 Å². The van der Waals surface area contributed by atoms with Crippen LogP contribution in [0.15, 0.2) is 18.2 Å². The zero-order valence-corrected chi connectivity index (χ0v) is 10.6. The number of hydrogen-bond acceptors (Lipinski definition) is 4. The predicted octanol–water partition coefficient (Wildman–Crippen LogP) is -0.146. The molecule has 1 atom stereocenters. The van der Waals surface area contributed by atoms with Crippen molar-refractivity contribution < 1.29 is 19.8 Å². The lowest BCUT2D eigenvalue weighted by molar-refractivity contribution is -0.140. The van der Waals surface area contributed by atoms with E-state index in [1.165, 1.54) is 0 Å². The average Bonchev–Trinajstić information content (AvgIpc) is 2.76. The van der Waals surface area contributed by atoms with Crippen molar-refractivity contribution in [2.24, 2.45) is 0 Å². The standard InChI is InChI=1S/C13H16N2O4/c1-15-5-4-8-6-9(2-3-11(8)15)12(17)14-10(7-16)13(18)19/h2-3,6,10,16H,4-5,7H2,1H3,(H,14,17)(H,18,19). The van der Waals surface area contributed by atoms with Crippen LogP contribution in [0.2, 0.25) is 0 Å². The molecular weight excluding hydrogens is 248 g/mol. The van der Waals surface area contributed by atoms with Crippen LogP contribution in [0.4, 0.5) is 5.69 Å².